The molecule has 0 saturated carbocycles. The highest BCUT2D eigenvalue weighted by molar-refractivity contribution is 9.09. The predicted molar refractivity (Wildman–Crippen MR) is 53.9 cm³/mol. The highest BCUT2D eigenvalue weighted by atomic mass is 79.9. The summed E-state index contributed by atoms with van der Waals surface area (Å²) >= 11 is 8.54. The van der Waals surface area contributed by atoms with E-state index < -0.39 is 5.82 Å². The lowest BCUT2D eigenvalue weighted by Gasteiger charge is -2.03. The number of ketones is 1. The van der Waals surface area contributed by atoms with Gasteiger partial charge in [0.15, 0.2) is 11.6 Å². The van der Waals surface area contributed by atoms with Crippen molar-refractivity contribution in [1.82, 2.24) is 0 Å². The summed E-state index contributed by atoms with van der Waals surface area (Å²) in [6.45, 7) is 0. The maximum Gasteiger partial charge on any atom is 0.176 e. The summed E-state index contributed by atoms with van der Waals surface area (Å²) in [4.78, 5) is 11.1. The number of benzene rings is 1. The second kappa shape index (κ2) is 4.07. The first-order chi connectivity index (χ1) is 6.06. The molecule has 0 radical (unpaired) electrons. The molecule has 0 spiro atoms. The van der Waals surface area contributed by atoms with E-state index in [2.05, 4.69) is 15.9 Å². The van der Waals surface area contributed by atoms with Crippen LogP contribution in [0.3, 0.4) is 0 Å². The van der Waals surface area contributed by atoms with E-state index in [0.717, 1.165) is 0 Å². The van der Waals surface area contributed by atoms with Gasteiger partial charge in [-0.15, -0.1) is 0 Å². The van der Waals surface area contributed by atoms with Crippen LogP contribution in [0.4, 0.5) is 10.1 Å². The largest absolute Gasteiger partial charge is 0.396 e. The number of carbonyl (C=O) groups excluding carboxylic acids is 1. The first-order valence-electron chi connectivity index (χ1n) is 3.40. The molecule has 0 aromatic heterocycles. The molecule has 1 aromatic carbocycles. The van der Waals surface area contributed by atoms with Crippen molar-refractivity contribution in [1.29, 1.82) is 0 Å². The van der Waals surface area contributed by atoms with Crippen molar-refractivity contribution in [3.8, 4) is 0 Å². The smallest absolute Gasteiger partial charge is 0.176 e. The number of hydrogen-bond acceptors (Lipinski definition) is 2. The zero-order chi connectivity index (χ0) is 10.0. The molecular formula is C8H6BrClFNO. The van der Waals surface area contributed by atoms with Gasteiger partial charge < -0.3 is 5.73 Å². The third kappa shape index (κ3) is 2.19. The van der Waals surface area contributed by atoms with Crippen LogP contribution in [0.2, 0.25) is 5.02 Å². The Bertz CT molecular complexity index is 356. The third-order valence-electron chi connectivity index (χ3n) is 1.49. The molecule has 0 aliphatic rings. The van der Waals surface area contributed by atoms with Crippen LogP contribution in [0.5, 0.6) is 0 Å². The molecule has 0 aliphatic heterocycles. The highest BCUT2D eigenvalue weighted by Crippen LogP contribution is 2.22. The summed E-state index contributed by atoms with van der Waals surface area (Å²) < 4.78 is 13.2. The van der Waals surface area contributed by atoms with E-state index in [0.29, 0.717) is 0 Å². The molecular weight excluding hydrogens is 260 g/mol. The number of anilines is 1. The maximum absolute atomic E-state index is 13.2. The van der Waals surface area contributed by atoms with Crippen molar-refractivity contribution in [3.05, 3.63) is 28.5 Å². The van der Waals surface area contributed by atoms with Crippen LogP contribution >= 0.6 is 27.5 Å². The van der Waals surface area contributed by atoms with Gasteiger partial charge >= 0.3 is 0 Å². The van der Waals surface area contributed by atoms with Gasteiger partial charge in [0.05, 0.1) is 16.6 Å². The van der Waals surface area contributed by atoms with Gasteiger partial charge in [0.1, 0.15) is 0 Å². The number of Topliss-reactive ketones (excluding diaryl/α,β-unsaturated/α-hetero) is 1. The standard InChI is InChI=1S/C8H6BrClFNO/c9-3-7(13)5-1-4(10)2-6(12)8(5)11/h1-2H,3,12H2. The number of halogens is 3. The Labute approximate surface area is 88.0 Å². The first kappa shape index (κ1) is 10.5. The lowest BCUT2D eigenvalue weighted by atomic mass is 10.1. The summed E-state index contributed by atoms with van der Waals surface area (Å²) in [6, 6.07) is 2.53. The van der Waals surface area contributed by atoms with Crippen LogP contribution in [0, 0.1) is 5.82 Å². The van der Waals surface area contributed by atoms with Gasteiger partial charge in [-0.05, 0) is 12.1 Å². The molecule has 0 atom stereocenters. The van der Waals surface area contributed by atoms with Crippen LogP contribution in [-0.4, -0.2) is 11.1 Å². The lowest BCUT2D eigenvalue weighted by Crippen LogP contribution is -2.05. The lowest BCUT2D eigenvalue weighted by molar-refractivity contribution is 0.102. The molecule has 0 heterocycles. The number of rotatable bonds is 2. The molecule has 1 aromatic rings. The minimum Gasteiger partial charge on any atom is -0.396 e. The zero-order valence-corrected chi connectivity index (χ0v) is 8.82. The minimum atomic E-state index is -0.714. The summed E-state index contributed by atoms with van der Waals surface area (Å²) in [5, 5.41) is 0.298. The van der Waals surface area contributed by atoms with Gasteiger partial charge in [-0.3, -0.25) is 4.79 Å². The highest BCUT2D eigenvalue weighted by Gasteiger charge is 2.13. The Kier molecular flexibility index (Phi) is 3.27. The van der Waals surface area contributed by atoms with E-state index in [9.17, 15) is 9.18 Å². The van der Waals surface area contributed by atoms with Crippen molar-refractivity contribution in [3.63, 3.8) is 0 Å². The van der Waals surface area contributed by atoms with Crippen molar-refractivity contribution < 1.29 is 9.18 Å². The van der Waals surface area contributed by atoms with E-state index in [4.69, 9.17) is 17.3 Å². The van der Waals surface area contributed by atoms with Gasteiger partial charge in [-0.1, -0.05) is 27.5 Å². The Morgan fingerprint density at radius 3 is 2.77 bits per heavy atom. The van der Waals surface area contributed by atoms with Crippen LogP contribution < -0.4 is 5.73 Å². The summed E-state index contributed by atoms with van der Waals surface area (Å²) in [6.07, 6.45) is 0. The maximum atomic E-state index is 13.2. The SMILES string of the molecule is Nc1cc(Cl)cc(C(=O)CBr)c1F. The molecule has 0 amide bonds. The number of hydrogen-bond donors (Lipinski definition) is 1. The van der Waals surface area contributed by atoms with Crippen LogP contribution in [0.15, 0.2) is 12.1 Å². The van der Waals surface area contributed by atoms with E-state index in [-0.39, 0.29) is 27.4 Å². The molecule has 0 aliphatic carbocycles. The molecule has 2 N–H and O–H groups in total. The average Bonchev–Trinajstić information content (AvgIpc) is 2.10. The zero-order valence-electron chi connectivity index (χ0n) is 6.48. The molecule has 0 fully saturated rings. The molecule has 1 rings (SSSR count). The predicted octanol–water partition coefficient (Wildman–Crippen LogP) is 2.64. The third-order valence-corrected chi connectivity index (χ3v) is 2.21. The minimum absolute atomic E-state index is 0.0453. The van der Waals surface area contributed by atoms with E-state index in [1.54, 1.807) is 0 Å². The molecule has 70 valence electrons. The number of alkyl halides is 1. The molecule has 0 saturated heterocycles. The molecule has 0 bridgehead atoms. The molecule has 5 heteroatoms. The van der Waals surface area contributed by atoms with E-state index in [1.807, 2.05) is 0 Å². The van der Waals surface area contributed by atoms with E-state index >= 15 is 0 Å². The van der Waals surface area contributed by atoms with Crippen LogP contribution in [0.1, 0.15) is 10.4 Å². The fourth-order valence-corrected chi connectivity index (χ4v) is 1.41. The van der Waals surface area contributed by atoms with Gasteiger partial charge in [0.25, 0.3) is 0 Å². The van der Waals surface area contributed by atoms with Gasteiger partial charge in [-0.2, -0.15) is 0 Å². The monoisotopic (exact) mass is 265 g/mol. The normalized spacial score (nSPS) is 10.1. The molecule has 13 heavy (non-hydrogen) atoms. The van der Waals surface area contributed by atoms with Crippen molar-refractivity contribution in [2.45, 2.75) is 0 Å². The summed E-state index contributed by atoms with van der Waals surface area (Å²) in [5.41, 5.74) is 5.09. The Balaban J connectivity index is 3.28. The Morgan fingerprint density at radius 1 is 1.62 bits per heavy atom. The molecule has 2 nitrogen and oxygen atoms in total. The van der Waals surface area contributed by atoms with Crippen molar-refractivity contribution >= 4 is 39.0 Å². The summed E-state index contributed by atoms with van der Waals surface area (Å²) in [5.74, 6) is -1.10. The van der Waals surface area contributed by atoms with Gasteiger partial charge in [0, 0.05) is 5.02 Å². The van der Waals surface area contributed by atoms with Crippen molar-refractivity contribution in [2.24, 2.45) is 0 Å². The number of nitrogens with two attached hydrogens (primary N) is 1. The van der Waals surface area contributed by atoms with Crippen LogP contribution in [-0.2, 0) is 0 Å². The number of nitrogen functional groups attached to an aromatic ring is 1. The summed E-state index contributed by atoms with van der Waals surface area (Å²) in [7, 11) is 0. The average molecular weight is 266 g/mol. The molecule has 0 unspecified atom stereocenters. The van der Waals surface area contributed by atoms with E-state index in [1.165, 1.54) is 12.1 Å². The number of carbonyl (C=O) groups is 1. The first-order valence-corrected chi connectivity index (χ1v) is 4.90. The van der Waals surface area contributed by atoms with Gasteiger partial charge in [-0.25, -0.2) is 4.39 Å². The fraction of sp³-hybridized carbons (Fsp3) is 0.125. The Hall–Kier alpha value is -0.610. The van der Waals surface area contributed by atoms with Gasteiger partial charge in [0.2, 0.25) is 0 Å². The quantitative estimate of drug-likeness (QED) is 0.508. The second-order valence-corrected chi connectivity index (χ2v) is 3.41. The van der Waals surface area contributed by atoms with Crippen molar-refractivity contribution in [2.75, 3.05) is 11.1 Å². The van der Waals surface area contributed by atoms with Crippen LogP contribution in [0.25, 0.3) is 0 Å². The second-order valence-electron chi connectivity index (χ2n) is 2.41. The topological polar surface area (TPSA) is 43.1 Å². The Morgan fingerprint density at radius 2 is 2.23 bits per heavy atom. The fourth-order valence-electron chi connectivity index (χ4n) is 0.885.